The van der Waals surface area contributed by atoms with Crippen molar-refractivity contribution in [3.05, 3.63) is 90.3 Å². The zero-order valence-electron chi connectivity index (χ0n) is 16.5. The number of pyridine rings is 2. The monoisotopic (exact) mass is 418 g/mol. The van der Waals surface area contributed by atoms with Crippen LogP contribution in [-0.2, 0) is 6.18 Å². The molecule has 7 heteroatoms. The summed E-state index contributed by atoms with van der Waals surface area (Å²) >= 11 is 0. The largest absolute Gasteiger partial charge is 0.416 e. The van der Waals surface area contributed by atoms with Crippen molar-refractivity contribution in [1.29, 1.82) is 0 Å². The summed E-state index contributed by atoms with van der Waals surface area (Å²) in [5.74, 6) is 0.588. The van der Waals surface area contributed by atoms with E-state index in [2.05, 4.69) is 10.3 Å². The van der Waals surface area contributed by atoms with E-state index in [4.69, 9.17) is 4.98 Å². The average molecular weight is 418 g/mol. The summed E-state index contributed by atoms with van der Waals surface area (Å²) in [7, 11) is 0. The van der Waals surface area contributed by atoms with Gasteiger partial charge in [0.1, 0.15) is 17.2 Å². The molecule has 0 spiro atoms. The highest BCUT2D eigenvalue weighted by Crippen LogP contribution is 2.36. The summed E-state index contributed by atoms with van der Waals surface area (Å²) in [5, 5.41) is 4.14. The molecule has 0 aliphatic heterocycles. The predicted molar refractivity (Wildman–Crippen MR) is 115 cm³/mol. The van der Waals surface area contributed by atoms with Gasteiger partial charge in [-0.25, -0.2) is 4.98 Å². The maximum Gasteiger partial charge on any atom is 0.416 e. The maximum absolute atomic E-state index is 13.2. The number of hydrogen-bond donors (Lipinski definition) is 1. The summed E-state index contributed by atoms with van der Waals surface area (Å²) in [5.41, 5.74) is 3.41. The highest BCUT2D eigenvalue weighted by Gasteiger charge is 2.30. The van der Waals surface area contributed by atoms with E-state index in [0.717, 1.165) is 34.3 Å². The lowest BCUT2D eigenvalue weighted by atomic mass is 10.1. The van der Waals surface area contributed by atoms with Crippen LogP contribution >= 0.6 is 0 Å². The molecule has 2 aromatic carbocycles. The normalized spacial score (nSPS) is 11.9. The highest BCUT2D eigenvalue weighted by molar-refractivity contribution is 5.96. The van der Waals surface area contributed by atoms with Crippen LogP contribution in [0.5, 0.6) is 0 Å². The van der Waals surface area contributed by atoms with Gasteiger partial charge in [-0.05, 0) is 43.3 Å². The second-order valence-electron chi connectivity index (χ2n) is 7.25. The first-order chi connectivity index (χ1) is 14.9. The van der Waals surface area contributed by atoms with Crippen LogP contribution in [0.15, 0.2) is 79.0 Å². The molecule has 154 valence electrons. The van der Waals surface area contributed by atoms with Crippen LogP contribution in [0.25, 0.3) is 27.8 Å². The van der Waals surface area contributed by atoms with Gasteiger partial charge in [-0.3, -0.25) is 9.38 Å². The van der Waals surface area contributed by atoms with Crippen LogP contribution in [-0.4, -0.2) is 14.4 Å². The molecule has 0 saturated carbocycles. The molecular weight excluding hydrogens is 401 g/mol. The third kappa shape index (κ3) is 3.38. The number of rotatable bonds is 3. The molecule has 0 atom stereocenters. The Kier molecular flexibility index (Phi) is 4.39. The minimum absolute atomic E-state index is 0.328. The van der Waals surface area contributed by atoms with Crippen molar-refractivity contribution in [2.45, 2.75) is 13.1 Å². The van der Waals surface area contributed by atoms with E-state index in [1.165, 1.54) is 6.07 Å². The standard InChI is InChI=1S/C24H17F3N4/c1-15-6-2-12-20-30-22(19-11-3-7-16-8-5-13-28-21(16)19)23(31(15)20)29-18-10-4-9-17(14-18)24(25,26)27/h2-14,29H,1H3. The van der Waals surface area contributed by atoms with Crippen LogP contribution in [0.4, 0.5) is 24.7 Å². The Balaban J connectivity index is 1.74. The van der Waals surface area contributed by atoms with E-state index < -0.39 is 11.7 Å². The summed E-state index contributed by atoms with van der Waals surface area (Å²) in [6.45, 7) is 1.93. The Bertz CT molecular complexity index is 1410. The summed E-state index contributed by atoms with van der Waals surface area (Å²) in [6.07, 6.45) is -2.71. The first-order valence-electron chi connectivity index (χ1n) is 9.68. The molecule has 0 aliphatic rings. The third-order valence-corrected chi connectivity index (χ3v) is 5.18. The lowest BCUT2D eigenvalue weighted by Gasteiger charge is -2.13. The molecule has 0 amide bonds. The number of hydrogen-bond acceptors (Lipinski definition) is 3. The summed E-state index contributed by atoms with van der Waals surface area (Å²) in [4.78, 5) is 9.32. The average Bonchev–Trinajstić information content (AvgIpc) is 3.12. The SMILES string of the molecule is Cc1cccc2nc(-c3cccc4cccnc34)c(Nc3cccc(C(F)(F)F)c3)n12. The van der Waals surface area contributed by atoms with Gasteiger partial charge in [0, 0.05) is 28.5 Å². The van der Waals surface area contributed by atoms with Crippen LogP contribution in [0, 0.1) is 6.92 Å². The quantitative estimate of drug-likeness (QED) is 0.358. The third-order valence-electron chi connectivity index (χ3n) is 5.18. The summed E-state index contributed by atoms with van der Waals surface area (Å²) < 4.78 is 41.6. The number of benzene rings is 2. The van der Waals surface area contributed by atoms with E-state index in [1.54, 1.807) is 12.3 Å². The van der Waals surface area contributed by atoms with E-state index in [9.17, 15) is 13.2 Å². The number of halogens is 3. The van der Waals surface area contributed by atoms with Gasteiger partial charge in [-0.2, -0.15) is 13.2 Å². The van der Waals surface area contributed by atoms with Crippen molar-refractivity contribution in [2.75, 3.05) is 5.32 Å². The smallest absolute Gasteiger partial charge is 0.339 e. The molecule has 31 heavy (non-hydrogen) atoms. The van der Waals surface area contributed by atoms with E-state index in [1.807, 2.05) is 59.9 Å². The Labute approximate surface area is 176 Å². The summed E-state index contributed by atoms with van der Waals surface area (Å²) in [6, 6.07) is 20.5. The molecule has 0 radical (unpaired) electrons. The lowest BCUT2D eigenvalue weighted by molar-refractivity contribution is -0.137. The van der Waals surface area contributed by atoms with Gasteiger partial charge in [0.25, 0.3) is 0 Å². The van der Waals surface area contributed by atoms with Crippen molar-refractivity contribution in [3.63, 3.8) is 0 Å². The molecule has 3 aromatic heterocycles. The van der Waals surface area contributed by atoms with Crippen LogP contribution < -0.4 is 5.32 Å². The van der Waals surface area contributed by atoms with Gasteiger partial charge in [0.15, 0.2) is 0 Å². The van der Waals surface area contributed by atoms with Crippen molar-refractivity contribution in [2.24, 2.45) is 0 Å². The molecule has 1 N–H and O–H groups in total. The fourth-order valence-corrected chi connectivity index (χ4v) is 3.76. The van der Waals surface area contributed by atoms with Crippen LogP contribution in [0.2, 0.25) is 0 Å². The number of para-hydroxylation sites is 1. The van der Waals surface area contributed by atoms with Gasteiger partial charge >= 0.3 is 6.18 Å². The Morgan fingerprint density at radius 2 is 1.68 bits per heavy atom. The molecule has 5 aromatic rings. The van der Waals surface area contributed by atoms with E-state index in [0.29, 0.717) is 22.8 Å². The molecule has 4 nitrogen and oxygen atoms in total. The topological polar surface area (TPSA) is 42.2 Å². The highest BCUT2D eigenvalue weighted by atomic mass is 19.4. The molecular formula is C24H17F3N4. The molecule has 5 rings (SSSR count). The van der Waals surface area contributed by atoms with E-state index in [-0.39, 0.29) is 0 Å². The molecule has 0 saturated heterocycles. The van der Waals surface area contributed by atoms with Gasteiger partial charge in [0.2, 0.25) is 0 Å². The van der Waals surface area contributed by atoms with Crippen molar-refractivity contribution in [3.8, 4) is 11.3 Å². The minimum Gasteiger partial charge on any atom is -0.339 e. The number of aromatic nitrogens is 3. The zero-order valence-corrected chi connectivity index (χ0v) is 16.5. The van der Waals surface area contributed by atoms with Crippen molar-refractivity contribution < 1.29 is 13.2 Å². The van der Waals surface area contributed by atoms with Gasteiger partial charge in [0.05, 0.1) is 11.1 Å². The van der Waals surface area contributed by atoms with Gasteiger partial charge in [-0.1, -0.05) is 36.4 Å². The second kappa shape index (κ2) is 7.12. The Hall–Kier alpha value is -3.87. The predicted octanol–water partition coefficient (Wildman–Crippen LogP) is 6.62. The number of imidazole rings is 1. The van der Waals surface area contributed by atoms with E-state index >= 15 is 0 Å². The lowest BCUT2D eigenvalue weighted by Crippen LogP contribution is -2.06. The molecule has 0 unspecified atom stereocenters. The fourth-order valence-electron chi connectivity index (χ4n) is 3.76. The van der Waals surface area contributed by atoms with Crippen LogP contribution in [0.3, 0.4) is 0 Å². The number of nitrogens with one attached hydrogen (secondary N) is 1. The number of aryl methyl sites for hydroxylation is 1. The molecule has 3 heterocycles. The zero-order chi connectivity index (χ0) is 21.6. The minimum atomic E-state index is -4.42. The first kappa shape index (κ1) is 19.1. The number of nitrogens with zero attached hydrogens (tertiary/aromatic N) is 3. The van der Waals surface area contributed by atoms with Crippen LogP contribution in [0.1, 0.15) is 11.3 Å². The molecule has 0 fully saturated rings. The number of anilines is 2. The van der Waals surface area contributed by atoms with Gasteiger partial charge in [-0.15, -0.1) is 0 Å². The maximum atomic E-state index is 13.2. The molecule has 0 aliphatic carbocycles. The number of alkyl halides is 3. The number of fused-ring (bicyclic) bond motifs is 2. The first-order valence-corrected chi connectivity index (χ1v) is 9.68. The van der Waals surface area contributed by atoms with Crippen molar-refractivity contribution in [1.82, 2.24) is 14.4 Å². The fraction of sp³-hybridized carbons (Fsp3) is 0.0833. The Morgan fingerprint density at radius 1 is 0.903 bits per heavy atom. The second-order valence-corrected chi connectivity index (χ2v) is 7.25. The Morgan fingerprint density at radius 3 is 2.52 bits per heavy atom. The molecule has 0 bridgehead atoms. The van der Waals surface area contributed by atoms with Gasteiger partial charge < -0.3 is 5.32 Å². The van der Waals surface area contributed by atoms with Crippen molar-refractivity contribution >= 4 is 28.1 Å².